The summed E-state index contributed by atoms with van der Waals surface area (Å²) in [6, 6.07) is -0.780. The van der Waals surface area contributed by atoms with Crippen LogP contribution >= 0.6 is 12.6 Å². The van der Waals surface area contributed by atoms with E-state index in [0.717, 1.165) is 5.06 Å². The molecule has 0 spiro atoms. The Balaban J connectivity index is 4.41. The van der Waals surface area contributed by atoms with Crippen LogP contribution in [0.2, 0.25) is 0 Å². The zero-order chi connectivity index (χ0) is 13.6. The SMILES string of the molecule is CON(C)C(=O)[C@H](CS)NC(=O)OC(C)(C)C. The molecule has 0 saturated carbocycles. The fourth-order valence-corrected chi connectivity index (χ4v) is 1.19. The highest BCUT2D eigenvalue weighted by Crippen LogP contribution is 2.07. The quantitative estimate of drug-likeness (QED) is 0.583. The van der Waals surface area contributed by atoms with Gasteiger partial charge in [-0.2, -0.15) is 12.6 Å². The second kappa shape index (κ2) is 6.70. The van der Waals surface area contributed by atoms with Gasteiger partial charge in [-0.25, -0.2) is 9.86 Å². The van der Waals surface area contributed by atoms with E-state index in [1.54, 1.807) is 20.8 Å². The number of alkyl carbamates (subject to hydrolysis) is 1. The Hall–Kier alpha value is -0.950. The zero-order valence-electron chi connectivity index (χ0n) is 10.8. The Morgan fingerprint density at radius 3 is 2.29 bits per heavy atom. The van der Waals surface area contributed by atoms with Gasteiger partial charge in [0.15, 0.2) is 0 Å². The summed E-state index contributed by atoms with van der Waals surface area (Å²) < 4.78 is 5.04. The second-order valence-corrected chi connectivity index (χ2v) is 4.76. The first kappa shape index (κ1) is 16.1. The van der Waals surface area contributed by atoms with Crippen LogP contribution in [-0.2, 0) is 14.4 Å². The number of carbonyl (C=O) groups is 2. The highest BCUT2D eigenvalue weighted by atomic mass is 32.1. The van der Waals surface area contributed by atoms with E-state index in [1.165, 1.54) is 14.2 Å². The molecule has 1 atom stereocenters. The molecular formula is C10H20N2O4S. The van der Waals surface area contributed by atoms with Crippen molar-refractivity contribution in [2.24, 2.45) is 0 Å². The van der Waals surface area contributed by atoms with Gasteiger partial charge in [0.25, 0.3) is 5.91 Å². The maximum absolute atomic E-state index is 11.7. The lowest BCUT2D eigenvalue weighted by molar-refractivity contribution is -0.170. The van der Waals surface area contributed by atoms with Gasteiger partial charge >= 0.3 is 6.09 Å². The van der Waals surface area contributed by atoms with Crippen LogP contribution in [0.15, 0.2) is 0 Å². The number of amides is 2. The van der Waals surface area contributed by atoms with Crippen LogP contribution in [0.25, 0.3) is 0 Å². The summed E-state index contributed by atoms with van der Waals surface area (Å²) in [6.45, 7) is 5.22. The van der Waals surface area contributed by atoms with E-state index in [4.69, 9.17) is 9.57 Å². The predicted molar refractivity (Wildman–Crippen MR) is 66.8 cm³/mol. The molecule has 17 heavy (non-hydrogen) atoms. The highest BCUT2D eigenvalue weighted by Gasteiger charge is 2.25. The molecule has 0 unspecified atom stereocenters. The van der Waals surface area contributed by atoms with Gasteiger partial charge in [-0.05, 0) is 20.8 Å². The standard InChI is InChI=1S/C10H20N2O4S/c1-10(2,3)16-9(14)11-7(6-17)8(13)12(4)15-5/h7,17H,6H2,1-5H3,(H,11,14)/t7-/m0/s1. The molecule has 7 heteroatoms. The highest BCUT2D eigenvalue weighted by molar-refractivity contribution is 7.80. The smallest absolute Gasteiger partial charge is 0.408 e. The van der Waals surface area contributed by atoms with Crippen LogP contribution in [-0.4, -0.2) is 48.6 Å². The molecule has 0 rings (SSSR count). The molecule has 1 N–H and O–H groups in total. The van der Waals surface area contributed by atoms with E-state index in [9.17, 15) is 9.59 Å². The van der Waals surface area contributed by atoms with Crippen LogP contribution in [0.4, 0.5) is 4.79 Å². The van der Waals surface area contributed by atoms with Gasteiger partial charge in [-0.3, -0.25) is 9.63 Å². The summed E-state index contributed by atoms with van der Waals surface area (Å²) in [7, 11) is 2.82. The van der Waals surface area contributed by atoms with Gasteiger partial charge in [0.2, 0.25) is 0 Å². The lowest BCUT2D eigenvalue weighted by atomic mass is 10.2. The van der Waals surface area contributed by atoms with Crippen LogP contribution in [0.5, 0.6) is 0 Å². The zero-order valence-corrected chi connectivity index (χ0v) is 11.7. The number of hydrogen-bond acceptors (Lipinski definition) is 5. The van der Waals surface area contributed by atoms with Crippen molar-refractivity contribution in [2.75, 3.05) is 19.9 Å². The Labute approximate surface area is 107 Å². The number of carbonyl (C=O) groups excluding carboxylic acids is 2. The lowest BCUT2D eigenvalue weighted by Gasteiger charge is -2.24. The Morgan fingerprint density at radius 1 is 1.41 bits per heavy atom. The summed E-state index contributed by atoms with van der Waals surface area (Å²) in [4.78, 5) is 27.9. The van der Waals surface area contributed by atoms with Crippen molar-refractivity contribution in [1.29, 1.82) is 0 Å². The first-order chi connectivity index (χ1) is 7.71. The molecule has 0 aliphatic carbocycles. The molecule has 0 aliphatic rings. The summed E-state index contributed by atoms with van der Waals surface area (Å²) >= 11 is 4.00. The van der Waals surface area contributed by atoms with Gasteiger partial charge in [0, 0.05) is 12.8 Å². The van der Waals surface area contributed by atoms with Crippen LogP contribution in [0.3, 0.4) is 0 Å². The van der Waals surface area contributed by atoms with Gasteiger partial charge in [-0.1, -0.05) is 0 Å². The fraction of sp³-hybridized carbons (Fsp3) is 0.800. The van der Waals surface area contributed by atoms with Crippen molar-refractivity contribution in [3.63, 3.8) is 0 Å². The molecular weight excluding hydrogens is 244 g/mol. The van der Waals surface area contributed by atoms with E-state index in [-0.39, 0.29) is 5.75 Å². The molecule has 6 nitrogen and oxygen atoms in total. The van der Waals surface area contributed by atoms with Crippen LogP contribution in [0.1, 0.15) is 20.8 Å². The van der Waals surface area contributed by atoms with E-state index in [1.807, 2.05) is 0 Å². The van der Waals surface area contributed by atoms with Crippen molar-refractivity contribution >= 4 is 24.6 Å². The first-order valence-electron chi connectivity index (χ1n) is 5.13. The average molecular weight is 264 g/mol. The van der Waals surface area contributed by atoms with Gasteiger partial charge in [-0.15, -0.1) is 0 Å². The van der Waals surface area contributed by atoms with Crippen LogP contribution < -0.4 is 5.32 Å². The van der Waals surface area contributed by atoms with Crippen molar-refractivity contribution in [3.05, 3.63) is 0 Å². The number of hydroxylamine groups is 2. The van der Waals surface area contributed by atoms with Crippen LogP contribution in [0, 0.1) is 0 Å². The predicted octanol–water partition coefficient (Wildman–Crippen LogP) is 0.829. The topological polar surface area (TPSA) is 67.9 Å². The average Bonchev–Trinajstić information content (AvgIpc) is 2.21. The minimum atomic E-state index is -0.780. The molecule has 0 saturated heterocycles. The van der Waals surface area contributed by atoms with Crippen molar-refractivity contribution in [3.8, 4) is 0 Å². The molecule has 0 heterocycles. The maximum Gasteiger partial charge on any atom is 0.408 e. The molecule has 0 aromatic heterocycles. The third-order valence-corrected chi connectivity index (χ3v) is 2.12. The molecule has 2 amide bonds. The Morgan fingerprint density at radius 2 is 1.94 bits per heavy atom. The monoisotopic (exact) mass is 264 g/mol. The molecule has 0 bridgehead atoms. The summed E-state index contributed by atoms with van der Waals surface area (Å²) in [6.07, 6.45) is -0.658. The summed E-state index contributed by atoms with van der Waals surface area (Å²) in [5.74, 6) is -0.237. The van der Waals surface area contributed by atoms with Gasteiger partial charge < -0.3 is 10.1 Å². The third-order valence-electron chi connectivity index (χ3n) is 1.76. The number of rotatable bonds is 4. The number of likely N-dealkylation sites (N-methyl/N-ethyl adjacent to an activating group) is 1. The van der Waals surface area contributed by atoms with E-state index >= 15 is 0 Å². The van der Waals surface area contributed by atoms with E-state index in [2.05, 4.69) is 17.9 Å². The Bertz CT molecular complexity index is 278. The summed E-state index contributed by atoms with van der Waals surface area (Å²) in [5.41, 5.74) is -0.610. The maximum atomic E-state index is 11.7. The second-order valence-electron chi connectivity index (χ2n) is 4.40. The van der Waals surface area contributed by atoms with Crippen molar-refractivity contribution < 1.29 is 19.2 Å². The van der Waals surface area contributed by atoms with Gasteiger partial charge in [0.1, 0.15) is 11.6 Å². The number of nitrogens with one attached hydrogen (secondary N) is 1. The number of hydrogen-bond donors (Lipinski definition) is 2. The minimum Gasteiger partial charge on any atom is -0.444 e. The molecule has 100 valence electrons. The fourth-order valence-electron chi connectivity index (χ4n) is 0.945. The van der Waals surface area contributed by atoms with Crippen molar-refractivity contribution in [1.82, 2.24) is 10.4 Å². The molecule has 0 fully saturated rings. The third kappa shape index (κ3) is 6.38. The lowest BCUT2D eigenvalue weighted by Crippen LogP contribution is -2.49. The van der Waals surface area contributed by atoms with Gasteiger partial charge in [0.05, 0.1) is 7.11 Å². The number of ether oxygens (including phenoxy) is 1. The Kier molecular flexibility index (Phi) is 6.33. The number of thiol groups is 1. The normalized spacial score (nSPS) is 12.8. The van der Waals surface area contributed by atoms with Crippen molar-refractivity contribution in [2.45, 2.75) is 32.4 Å². The first-order valence-corrected chi connectivity index (χ1v) is 5.76. The van der Waals surface area contributed by atoms with E-state index in [0.29, 0.717) is 0 Å². The molecule has 0 aliphatic heterocycles. The minimum absolute atomic E-state index is 0.159. The molecule has 0 aromatic carbocycles. The largest absolute Gasteiger partial charge is 0.444 e. The molecule has 0 aromatic rings. The van der Waals surface area contributed by atoms with E-state index < -0.39 is 23.6 Å². The number of nitrogens with zero attached hydrogens (tertiary/aromatic N) is 1. The summed E-state index contributed by atoms with van der Waals surface area (Å²) in [5, 5.41) is 3.46. The molecule has 0 radical (unpaired) electrons.